The van der Waals surface area contributed by atoms with E-state index in [1.54, 1.807) is 12.1 Å². The van der Waals surface area contributed by atoms with Crippen LogP contribution in [0.2, 0.25) is 5.02 Å². The van der Waals surface area contributed by atoms with E-state index in [1.807, 2.05) is 24.3 Å². The summed E-state index contributed by atoms with van der Waals surface area (Å²) in [6.45, 7) is 4.32. The molecule has 2 unspecified atom stereocenters. The smallest absolute Gasteiger partial charge is 0.228 e. The lowest BCUT2D eigenvalue weighted by atomic mass is 9.79. The second-order valence-electron chi connectivity index (χ2n) is 13.6. The Bertz CT molecular complexity index is 1760. The van der Waals surface area contributed by atoms with Crippen molar-refractivity contribution in [3.63, 3.8) is 0 Å². The Balaban J connectivity index is 0.916. The zero-order chi connectivity index (χ0) is 31.3. The fraction of sp³-hybridized carbons (Fsp3) is 0.472. The number of amides is 1. The van der Waals surface area contributed by atoms with Crippen LogP contribution in [-0.4, -0.2) is 51.1 Å². The predicted molar refractivity (Wildman–Crippen MR) is 174 cm³/mol. The Morgan fingerprint density at radius 1 is 1.09 bits per heavy atom. The molecule has 46 heavy (non-hydrogen) atoms. The van der Waals surface area contributed by atoms with Crippen LogP contribution in [0, 0.1) is 17.2 Å². The number of carbonyl (C=O) groups is 1. The summed E-state index contributed by atoms with van der Waals surface area (Å²) in [7, 11) is 0. The average molecular weight is 644 g/mol. The number of nitrogens with one attached hydrogen (secondary N) is 1. The number of aromatic nitrogens is 3. The van der Waals surface area contributed by atoms with E-state index in [9.17, 15) is 9.18 Å². The maximum absolute atomic E-state index is 14.2. The number of piperidine rings is 1. The van der Waals surface area contributed by atoms with Gasteiger partial charge < -0.3 is 19.4 Å². The summed E-state index contributed by atoms with van der Waals surface area (Å²) in [6, 6.07) is 16.6. The highest BCUT2D eigenvalue weighted by Gasteiger charge is 2.60. The van der Waals surface area contributed by atoms with Crippen LogP contribution in [0.3, 0.4) is 0 Å². The number of rotatable bonds is 10. The number of anilines is 1. The number of hydrogen-bond acceptors (Lipinski definition) is 6. The highest BCUT2D eigenvalue weighted by molar-refractivity contribution is 6.30. The van der Waals surface area contributed by atoms with Crippen LogP contribution in [0.5, 0.6) is 5.88 Å². The molecule has 2 aromatic carbocycles. The molecule has 0 bridgehead atoms. The van der Waals surface area contributed by atoms with Crippen molar-refractivity contribution in [2.45, 2.75) is 76.7 Å². The van der Waals surface area contributed by atoms with Gasteiger partial charge in [-0.3, -0.25) is 9.69 Å². The number of fused-ring (bicyclic) bond motifs is 1. The molecular weight excluding hydrogens is 605 g/mol. The summed E-state index contributed by atoms with van der Waals surface area (Å²) in [5.41, 5.74) is 4.58. The standard InChI is InChI=1S/C36H39ClFN5O3/c37-25-6-5-24(29(38)17-25)22-46-34-4-1-3-30(41-34)23-9-14-42(15-10-23)21-33-40-31-18-26(39-35(44)28-19-36(28)12-2-13-36)7-8-32(31)43(33)20-27-11-16-45-27/h1,3-8,17-18,23,27-28H,2,9-16,19-22H2,(H,39,44). The van der Waals surface area contributed by atoms with E-state index >= 15 is 0 Å². The number of likely N-dealkylation sites (tertiary alicyclic amines) is 1. The number of nitrogens with zero attached hydrogens (tertiary/aromatic N) is 4. The zero-order valence-corrected chi connectivity index (χ0v) is 26.6. The normalized spacial score (nSPS) is 22.4. The second-order valence-corrected chi connectivity index (χ2v) is 14.0. The lowest BCUT2D eigenvalue weighted by Gasteiger charge is -2.32. The average Bonchev–Trinajstić information content (AvgIpc) is 3.71. The van der Waals surface area contributed by atoms with Crippen LogP contribution < -0.4 is 10.1 Å². The molecule has 2 aromatic heterocycles. The summed E-state index contributed by atoms with van der Waals surface area (Å²) in [5.74, 6) is 1.81. The zero-order valence-electron chi connectivity index (χ0n) is 25.9. The van der Waals surface area contributed by atoms with E-state index in [0.29, 0.717) is 27.8 Å². The van der Waals surface area contributed by atoms with Crippen LogP contribution >= 0.6 is 11.6 Å². The highest BCUT2D eigenvalue weighted by Crippen LogP contribution is 2.65. The molecule has 240 valence electrons. The minimum absolute atomic E-state index is 0.0971. The lowest BCUT2D eigenvalue weighted by Crippen LogP contribution is -2.35. The molecule has 4 aromatic rings. The maximum Gasteiger partial charge on any atom is 0.228 e. The first-order valence-electron chi connectivity index (χ1n) is 16.6. The van der Waals surface area contributed by atoms with Crippen molar-refractivity contribution < 1.29 is 18.7 Å². The van der Waals surface area contributed by atoms with Crippen molar-refractivity contribution in [3.05, 3.63) is 82.5 Å². The SMILES string of the molecule is O=C(Nc1ccc2c(c1)nc(CN1CCC(c3cccc(OCc4ccc(Cl)cc4F)n3)CC1)n2CC1CCO1)C1CC12CCC2. The molecule has 1 amide bonds. The topological polar surface area (TPSA) is 81.5 Å². The molecule has 2 aliphatic carbocycles. The lowest BCUT2D eigenvalue weighted by molar-refractivity contribution is -0.118. The van der Waals surface area contributed by atoms with Gasteiger partial charge in [0.2, 0.25) is 11.8 Å². The van der Waals surface area contributed by atoms with E-state index in [-0.39, 0.29) is 30.4 Å². The summed E-state index contributed by atoms with van der Waals surface area (Å²) in [4.78, 5) is 25.3. The number of imidazole rings is 1. The molecular formula is C36H39ClFN5O3. The molecule has 10 heteroatoms. The van der Waals surface area contributed by atoms with Gasteiger partial charge in [-0.1, -0.05) is 30.2 Å². The molecule has 1 spiro atoms. The molecule has 4 fully saturated rings. The van der Waals surface area contributed by atoms with Crippen LogP contribution in [-0.2, 0) is 29.2 Å². The van der Waals surface area contributed by atoms with Crippen molar-refractivity contribution >= 4 is 34.2 Å². The number of halogens is 2. The third-order valence-corrected chi connectivity index (χ3v) is 10.9. The van der Waals surface area contributed by atoms with Gasteiger partial charge in [0.1, 0.15) is 18.2 Å². The molecule has 4 heterocycles. The van der Waals surface area contributed by atoms with Crippen molar-refractivity contribution in [1.82, 2.24) is 19.4 Å². The van der Waals surface area contributed by atoms with Gasteiger partial charge in [-0.25, -0.2) is 14.4 Å². The fourth-order valence-electron chi connectivity index (χ4n) is 7.46. The Morgan fingerprint density at radius 3 is 2.65 bits per heavy atom. The number of hydrogen-bond donors (Lipinski definition) is 1. The predicted octanol–water partition coefficient (Wildman–Crippen LogP) is 7.10. The number of pyridine rings is 1. The van der Waals surface area contributed by atoms with Crippen molar-refractivity contribution in [3.8, 4) is 5.88 Å². The van der Waals surface area contributed by atoms with Gasteiger partial charge in [0.05, 0.1) is 30.2 Å². The highest BCUT2D eigenvalue weighted by atomic mass is 35.5. The van der Waals surface area contributed by atoms with E-state index < -0.39 is 0 Å². The first kappa shape index (κ1) is 29.8. The molecule has 2 saturated carbocycles. The van der Waals surface area contributed by atoms with Crippen LogP contribution in [0.25, 0.3) is 11.0 Å². The number of ether oxygens (including phenoxy) is 2. The van der Waals surface area contributed by atoms with Gasteiger partial charge >= 0.3 is 0 Å². The van der Waals surface area contributed by atoms with Gasteiger partial charge in [-0.05, 0) is 93.4 Å². The molecule has 8 nitrogen and oxygen atoms in total. The van der Waals surface area contributed by atoms with Crippen LogP contribution in [0.15, 0.2) is 54.6 Å². The Hall–Kier alpha value is -3.53. The van der Waals surface area contributed by atoms with E-state index in [4.69, 9.17) is 31.0 Å². The summed E-state index contributed by atoms with van der Waals surface area (Å²) < 4.78 is 28.2. The Labute approximate surface area is 273 Å². The monoisotopic (exact) mass is 643 g/mol. The Kier molecular flexibility index (Phi) is 7.95. The molecule has 1 N–H and O–H groups in total. The van der Waals surface area contributed by atoms with Gasteiger partial charge in [0.25, 0.3) is 0 Å². The third kappa shape index (κ3) is 6.00. The third-order valence-electron chi connectivity index (χ3n) is 10.6. The fourth-order valence-corrected chi connectivity index (χ4v) is 7.62. The van der Waals surface area contributed by atoms with E-state index in [1.165, 1.54) is 25.3 Å². The summed E-state index contributed by atoms with van der Waals surface area (Å²) >= 11 is 5.88. The molecule has 2 saturated heterocycles. The minimum atomic E-state index is -0.382. The van der Waals surface area contributed by atoms with Crippen molar-refractivity contribution in [2.75, 3.05) is 25.0 Å². The largest absolute Gasteiger partial charge is 0.473 e. The van der Waals surface area contributed by atoms with Gasteiger partial charge in [-0.15, -0.1) is 0 Å². The minimum Gasteiger partial charge on any atom is -0.473 e. The molecule has 0 radical (unpaired) electrons. The van der Waals surface area contributed by atoms with Crippen molar-refractivity contribution in [2.24, 2.45) is 11.3 Å². The van der Waals surface area contributed by atoms with Gasteiger partial charge in [0, 0.05) is 46.5 Å². The first-order chi connectivity index (χ1) is 22.4. The Morgan fingerprint density at radius 2 is 1.93 bits per heavy atom. The molecule has 4 aliphatic rings. The quantitative estimate of drug-likeness (QED) is 0.199. The second kappa shape index (κ2) is 12.2. The van der Waals surface area contributed by atoms with E-state index in [2.05, 4.69) is 26.9 Å². The van der Waals surface area contributed by atoms with Gasteiger partial charge in [0.15, 0.2) is 0 Å². The van der Waals surface area contributed by atoms with Gasteiger partial charge in [-0.2, -0.15) is 0 Å². The molecule has 2 atom stereocenters. The van der Waals surface area contributed by atoms with Crippen LogP contribution in [0.1, 0.15) is 67.9 Å². The first-order valence-corrected chi connectivity index (χ1v) is 17.0. The maximum atomic E-state index is 14.2. The number of benzene rings is 2. The summed E-state index contributed by atoms with van der Waals surface area (Å²) in [6.07, 6.45) is 7.93. The van der Waals surface area contributed by atoms with E-state index in [0.717, 1.165) is 86.7 Å². The molecule has 2 aliphatic heterocycles. The summed E-state index contributed by atoms with van der Waals surface area (Å²) in [5, 5.41) is 3.54. The van der Waals surface area contributed by atoms with Crippen LogP contribution in [0.4, 0.5) is 10.1 Å². The number of carbonyl (C=O) groups excluding carboxylic acids is 1. The molecule has 8 rings (SSSR count). The van der Waals surface area contributed by atoms with Crippen molar-refractivity contribution in [1.29, 1.82) is 0 Å².